The number of pyridine rings is 1. The van der Waals surface area contributed by atoms with Crippen LogP contribution in [0.15, 0.2) is 66.7 Å². The Morgan fingerprint density at radius 2 is 1.76 bits per heavy atom. The highest BCUT2D eigenvalue weighted by Gasteiger charge is 2.12. The number of hydrogen-bond donors (Lipinski definition) is 2. The van der Waals surface area contributed by atoms with Crippen LogP contribution < -0.4 is 11.1 Å². The molecular formula is C19H16FN5. The molecule has 0 spiro atoms. The standard InChI is InChI=1S/C19H16FN5/c20-16-9-5-4-8-15(16)19-23-18-11-14(10-17(21)25(18)24-19)22-12-13-6-2-1-3-7-13/h1-11,22H,12,21H2. The van der Waals surface area contributed by atoms with Gasteiger partial charge in [-0.05, 0) is 17.7 Å². The predicted octanol–water partition coefficient (Wildman–Crippen LogP) is 3.73. The first kappa shape index (κ1) is 15.1. The van der Waals surface area contributed by atoms with Crippen LogP contribution in [0, 0.1) is 5.82 Å². The van der Waals surface area contributed by atoms with E-state index in [0.717, 1.165) is 11.3 Å². The molecule has 2 aromatic carbocycles. The number of nitrogen functional groups attached to an aromatic ring is 1. The largest absolute Gasteiger partial charge is 0.384 e. The molecule has 0 saturated carbocycles. The average molecular weight is 333 g/mol. The maximum Gasteiger partial charge on any atom is 0.185 e. The lowest BCUT2D eigenvalue weighted by atomic mass is 10.2. The Labute approximate surface area is 143 Å². The fraction of sp³-hybridized carbons (Fsp3) is 0.0526. The van der Waals surface area contributed by atoms with Gasteiger partial charge in [0.05, 0.1) is 5.56 Å². The molecule has 0 atom stereocenters. The van der Waals surface area contributed by atoms with Gasteiger partial charge in [0.2, 0.25) is 0 Å². The van der Waals surface area contributed by atoms with Gasteiger partial charge in [-0.1, -0.05) is 42.5 Å². The van der Waals surface area contributed by atoms with Crippen LogP contribution in [0.4, 0.5) is 15.9 Å². The average Bonchev–Trinajstić information content (AvgIpc) is 3.06. The Hall–Kier alpha value is -3.41. The summed E-state index contributed by atoms with van der Waals surface area (Å²) in [5.41, 5.74) is 8.99. The van der Waals surface area contributed by atoms with E-state index in [4.69, 9.17) is 5.73 Å². The van der Waals surface area contributed by atoms with E-state index in [0.29, 0.717) is 29.4 Å². The monoisotopic (exact) mass is 333 g/mol. The normalized spacial score (nSPS) is 10.9. The molecule has 4 aromatic rings. The third-order valence-corrected chi connectivity index (χ3v) is 3.92. The summed E-state index contributed by atoms with van der Waals surface area (Å²) in [5, 5.41) is 7.63. The van der Waals surface area contributed by atoms with Crippen LogP contribution in [0.3, 0.4) is 0 Å². The minimum atomic E-state index is -0.362. The van der Waals surface area contributed by atoms with E-state index in [2.05, 4.69) is 15.4 Å². The van der Waals surface area contributed by atoms with Crippen molar-refractivity contribution in [1.29, 1.82) is 0 Å². The van der Waals surface area contributed by atoms with Gasteiger partial charge in [0.25, 0.3) is 0 Å². The molecule has 0 saturated heterocycles. The summed E-state index contributed by atoms with van der Waals surface area (Å²) < 4.78 is 15.5. The summed E-state index contributed by atoms with van der Waals surface area (Å²) in [5.74, 6) is 0.382. The van der Waals surface area contributed by atoms with Gasteiger partial charge in [-0.15, -0.1) is 5.10 Å². The Morgan fingerprint density at radius 1 is 1.00 bits per heavy atom. The van der Waals surface area contributed by atoms with Crippen molar-refractivity contribution >= 4 is 17.2 Å². The molecule has 0 aliphatic heterocycles. The summed E-state index contributed by atoms with van der Waals surface area (Å²) >= 11 is 0. The smallest absolute Gasteiger partial charge is 0.185 e. The highest BCUT2D eigenvalue weighted by atomic mass is 19.1. The zero-order valence-electron chi connectivity index (χ0n) is 13.4. The van der Waals surface area contributed by atoms with Gasteiger partial charge in [0, 0.05) is 24.4 Å². The van der Waals surface area contributed by atoms with Gasteiger partial charge < -0.3 is 11.1 Å². The first-order valence-electron chi connectivity index (χ1n) is 7.90. The number of nitrogens with two attached hydrogens (primary N) is 1. The van der Waals surface area contributed by atoms with Crippen LogP contribution in [0.5, 0.6) is 0 Å². The molecule has 0 radical (unpaired) electrons. The quantitative estimate of drug-likeness (QED) is 0.597. The van der Waals surface area contributed by atoms with E-state index in [9.17, 15) is 4.39 Å². The number of aromatic nitrogens is 3. The lowest BCUT2D eigenvalue weighted by Gasteiger charge is -2.08. The lowest BCUT2D eigenvalue weighted by Crippen LogP contribution is -2.03. The predicted molar refractivity (Wildman–Crippen MR) is 96.6 cm³/mol. The number of hydrogen-bond acceptors (Lipinski definition) is 4. The fourth-order valence-electron chi connectivity index (χ4n) is 2.67. The Kier molecular flexibility index (Phi) is 3.78. The van der Waals surface area contributed by atoms with E-state index in [1.54, 1.807) is 24.3 Å². The van der Waals surface area contributed by atoms with Crippen molar-refractivity contribution in [2.75, 3.05) is 11.1 Å². The van der Waals surface area contributed by atoms with Crippen molar-refractivity contribution in [1.82, 2.24) is 14.6 Å². The van der Waals surface area contributed by atoms with Gasteiger partial charge >= 0.3 is 0 Å². The van der Waals surface area contributed by atoms with E-state index >= 15 is 0 Å². The highest BCUT2D eigenvalue weighted by molar-refractivity contribution is 5.65. The fourth-order valence-corrected chi connectivity index (χ4v) is 2.67. The zero-order valence-corrected chi connectivity index (χ0v) is 13.4. The summed E-state index contributed by atoms with van der Waals surface area (Å²) in [6.45, 7) is 0.671. The SMILES string of the molecule is Nc1cc(NCc2ccccc2)cc2nc(-c3ccccc3F)nn12. The summed E-state index contributed by atoms with van der Waals surface area (Å²) in [6.07, 6.45) is 0. The molecule has 0 fully saturated rings. The second-order valence-corrected chi connectivity index (χ2v) is 5.69. The molecule has 4 rings (SSSR count). The number of fused-ring (bicyclic) bond motifs is 1. The minimum absolute atomic E-state index is 0.310. The number of halogens is 1. The van der Waals surface area contributed by atoms with E-state index in [1.807, 2.05) is 36.4 Å². The van der Waals surface area contributed by atoms with E-state index in [1.165, 1.54) is 10.6 Å². The summed E-state index contributed by atoms with van der Waals surface area (Å²) in [6, 6.07) is 20.1. The minimum Gasteiger partial charge on any atom is -0.384 e. The van der Waals surface area contributed by atoms with Crippen LogP contribution >= 0.6 is 0 Å². The van der Waals surface area contributed by atoms with Crippen molar-refractivity contribution in [3.63, 3.8) is 0 Å². The molecule has 0 amide bonds. The highest BCUT2D eigenvalue weighted by Crippen LogP contribution is 2.23. The molecule has 0 aliphatic rings. The molecule has 3 N–H and O–H groups in total. The maximum atomic E-state index is 14.0. The zero-order chi connectivity index (χ0) is 17.2. The van der Waals surface area contributed by atoms with E-state index < -0.39 is 0 Å². The number of anilines is 2. The summed E-state index contributed by atoms with van der Waals surface area (Å²) in [7, 11) is 0. The molecule has 6 heteroatoms. The molecule has 0 aliphatic carbocycles. The Morgan fingerprint density at radius 3 is 2.56 bits per heavy atom. The van der Waals surface area contributed by atoms with Crippen LogP contribution in [0.1, 0.15) is 5.56 Å². The number of benzene rings is 2. The third-order valence-electron chi connectivity index (χ3n) is 3.92. The lowest BCUT2D eigenvalue weighted by molar-refractivity contribution is 0.630. The molecule has 2 heterocycles. The maximum absolute atomic E-state index is 14.0. The van der Waals surface area contributed by atoms with Crippen molar-refractivity contribution in [3.8, 4) is 11.4 Å². The van der Waals surface area contributed by atoms with Gasteiger partial charge in [-0.25, -0.2) is 9.37 Å². The van der Waals surface area contributed by atoms with Gasteiger partial charge in [-0.2, -0.15) is 4.52 Å². The number of nitrogens with zero attached hydrogens (tertiary/aromatic N) is 3. The topological polar surface area (TPSA) is 68.2 Å². The first-order chi connectivity index (χ1) is 12.2. The van der Waals surface area contributed by atoms with Gasteiger partial charge in [0.1, 0.15) is 11.6 Å². The van der Waals surface area contributed by atoms with Crippen molar-refractivity contribution in [2.45, 2.75) is 6.54 Å². The van der Waals surface area contributed by atoms with Crippen molar-refractivity contribution in [2.24, 2.45) is 0 Å². The number of rotatable bonds is 4. The molecule has 124 valence electrons. The van der Waals surface area contributed by atoms with Crippen LogP contribution in [-0.4, -0.2) is 14.6 Å². The first-order valence-corrected chi connectivity index (χ1v) is 7.90. The summed E-state index contributed by atoms with van der Waals surface area (Å²) in [4.78, 5) is 4.41. The molecule has 0 unspecified atom stereocenters. The molecule has 2 aromatic heterocycles. The van der Waals surface area contributed by atoms with Crippen LogP contribution in [0.25, 0.3) is 17.0 Å². The second-order valence-electron chi connectivity index (χ2n) is 5.69. The van der Waals surface area contributed by atoms with E-state index in [-0.39, 0.29) is 5.82 Å². The van der Waals surface area contributed by atoms with Crippen LogP contribution in [-0.2, 0) is 6.54 Å². The molecule has 0 bridgehead atoms. The molecule has 25 heavy (non-hydrogen) atoms. The number of nitrogens with one attached hydrogen (secondary N) is 1. The Balaban J connectivity index is 1.66. The van der Waals surface area contributed by atoms with Crippen molar-refractivity contribution in [3.05, 3.63) is 78.1 Å². The van der Waals surface area contributed by atoms with Gasteiger partial charge in [-0.3, -0.25) is 0 Å². The molecular weight excluding hydrogens is 317 g/mol. The molecule has 5 nitrogen and oxygen atoms in total. The van der Waals surface area contributed by atoms with Gasteiger partial charge in [0.15, 0.2) is 11.5 Å². The van der Waals surface area contributed by atoms with Crippen molar-refractivity contribution < 1.29 is 4.39 Å². The third kappa shape index (κ3) is 3.01. The second kappa shape index (κ2) is 6.24. The Bertz CT molecular complexity index is 1030. The van der Waals surface area contributed by atoms with Crippen LogP contribution in [0.2, 0.25) is 0 Å².